The minimum Gasteiger partial charge on any atom is -0.506 e. The number of anilines is 1. The second kappa shape index (κ2) is 6.03. The van der Waals surface area contributed by atoms with Crippen molar-refractivity contribution in [2.75, 3.05) is 5.32 Å². The normalized spacial score (nSPS) is 11.5. The highest BCUT2D eigenvalue weighted by Gasteiger charge is 2.29. The summed E-state index contributed by atoms with van der Waals surface area (Å²) in [4.78, 5) is 0. The summed E-state index contributed by atoms with van der Waals surface area (Å²) in [6.45, 7) is 0.178. The second-order valence-corrected chi connectivity index (χ2v) is 5.17. The van der Waals surface area contributed by atoms with E-state index in [2.05, 4.69) is 5.32 Å². The standard InChI is InChI=1S/C14H10Cl2F3NO/c15-10-5-8(13(21)12(16)6-10)7-20-11-3-1-9(2-4-11)14(17,18)19/h1-6,20-21H,7H2. The van der Waals surface area contributed by atoms with E-state index in [9.17, 15) is 18.3 Å². The van der Waals surface area contributed by atoms with Crippen LogP contribution in [-0.4, -0.2) is 5.11 Å². The topological polar surface area (TPSA) is 32.3 Å². The second-order valence-electron chi connectivity index (χ2n) is 4.32. The number of alkyl halides is 3. The van der Waals surface area contributed by atoms with Crippen LogP contribution in [-0.2, 0) is 12.7 Å². The first-order valence-corrected chi connectivity index (χ1v) is 6.61. The van der Waals surface area contributed by atoms with Crippen LogP contribution in [0.4, 0.5) is 18.9 Å². The van der Waals surface area contributed by atoms with Gasteiger partial charge < -0.3 is 10.4 Å². The molecule has 0 saturated carbocycles. The van der Waals surface area contributed by atoms with Crippen LogP contribution in [0, 0.1) is 0 Å². The number of phenolic OH excluding ortho intramolecular Hbond substituents is 1. The highest BCUT2D eigenvalue weighted by Crippen LogP contribution is 2.32. The van der Waals surface area contributed by atoms with Crippen LogP contribution in [0.3, 0.4) is 0 Å². The minimum absolute atomic E-state index is 0.111. The molecule has 0 spiro atoms. The number of hydrogen-bond acceptors (Lipinski definition) is 2. The number of benzene rings is 2. The van der Waals surface area contributed by atoms with Crippen molar-refractivity contribution in [2.45, 2.75) is 12.7 Å². The molecule has 2 aromatic rings. The number of rotatable bonds is 3. The van der Waals surface area contributed by atoms with E-state index < -0.39 is 11.7 Å². The van der Waals surface area contributed by atoms with Gasteiger partial charge in [0.25, 0.3) is 0 Å². The van der Waals surface area contributed by atoms with Crippen LogP contribution in [0.25, 0.3) is 0 Å². The van der Waals surface area contributed by atoms with Crippen LogP contribution in [0.2, 0.25) is 10.0 Å². The Kier molecular flexibility index (Phi) is 4.54. The molecule has 0 amide bonds. The molecule has 0 heterocycles. The third-order valence-electron chi connectivity index (χ3n) is 2.80. The summed E-state index contributed by atoms with van der Waals surface area (Å²) < 4.78 is 37.3. The molecule has 0 aliphatic carbocycles. The molecule has 0 atom stereocenters. The van der Waals surface area contributed by atoms with Gasteiger partial charge in [0, 0.05) is 22.8 Å². The fourth-order valence-corrected chi connectivity index (χ4v) is 2.26. The van der Waals surface area contributed by atoms with E-state index >= 15 is 0 Å². The zero-order valence-corrected chi connectivity index (χ0v) is 12.0. The molecular formula is C14H10Cl2F3NO. The lowest BCUT2D eigenvalue weighted by atomic mass is 10.1. The van der Waals surface area contributed by atoms with Gasteiger partial charge in [0.2, 0.25) is 0 Å². The molecule has 2 N–H and O–H groups in total. The first kappa shape index (κ1) is 15.8. The van der Waals surface area contributed by atoms with Gasteiger partial charge in [-0.3, -0.25) is 0 Å². The molecule has 0 unspecified atom stereocenters. The Morgan fingerprint density at radius 3 is 2.24 bits per heavy atom. The van der Waals surface area contributed by atoms with Crippen molar-refractivity contribution in [1.29, 1.82) is 0 Å². The maximum absolute atomic E-state index is 12.4. The van der Waals surface area contributed by atoms with Crippen LogP contribution >= 0.6 is 23.2 Å². The average molecular weight is 336 g/mol. The zero-order chi connectivity index (χ0) is 15.6. The molecule has 0 aliphatic heterocycles. The summed E-state index contributed by atoms with van der Waals surface area (Å²) in [5, 5.41) is 13.1. The molecule has 0 radical (unpaired) electrons. The summed E-state index contributed by atoms with van der Waals surface area (Å²) in [6, 6.07) is 7.51. The molecule has 2 aromatic carbocycles. The molecule has 0 aliphatic rings. The molecule has 0 aromatic heterocycles. The zero-order valence-electron chi connectivity index (χ0n) is 10.5. The van der Waals surface area contributed by atoms with Gasteiger partial charge in [0.15, 0.2) is 0 Å². The van der Waals surface area contributed by atoms with Gasteiger partial charge >= 0.3 is 6.18 Å². The number of aromatic hydroxyl groups is 1. The van der Waals surface area contributed by atoms with Crippen molar-refractivity contribution in [2.24, 2.45) is 0 Å². The van der Waals surface area contributed by atoms with Crippen LogP contribution in [0.5, 0.6) is 5.75 Å². The molecule has 0 fully saturated rings. The highest BCUT2D eigenvalue weighted by molar-refractivity contribution is 6.35. The first-order valence-electron chi connectivity index (χ1n) is 5.85. The maximum Gasteiger partial charge on any atom is 0.416 e. The van der Waals surface area contributed by atoms with Crippen molar-refractivity contribution in [3.05, 3.63) is 57.6 Å². The van der Waals surface area contributed by atoms with Crippen LogP contribution in [0.15, 0.2) is 36.4 Å². The molecule has 7 heteroatoms. The maximum atomic E-state index is 12.4. The summed E-state index contributed by atoms with van der Waals surface area (Å²) >= 11 is 11.6. The first-order chi connectivity index (χ1) is 9.77. The number of hydrogen-bond donors (Lipinski definition) is 2. The van der Waals surface area contributed by atoms with E-state index in [4.69, 9.17) is 23.2 Å². The Balaban J connectivity index is 2.10. The van der Waals surface area contributed by atoms with Gasteiger partial charge in [-0.2, -0.15) is 13.2 Å². The van der Waals surface area contributed by atoms with Gasteiger partial charge in [-0.05, 0) is 36.4 Å². The Morgan fingerprint density at radius 2 is 1.67 bits per heavy atom. The molecule has 0 saturated heterocycles. The Bertz CT molecular complexity index is 642. The van der Waals surface area contributed by atoms with Crippen LogP contribution in [0.1, 0.15) is 11.1 Å². The van der Waals surface area contributed by atoms with E-state index in [1.165, 1.54) is 24.3 Å². The van der Waals surface area contributed by atoms with Crippen molar-refractivity contribution in [1.82, 2.24) is 0 Å². The Morgan fingerprint density at radius 1 is 1.05 bits per heavy atom. The molecule has 2 rings (SSSR count). The predicted octanol–water partition coefficient (Wildman–Crippen LogP) is 5.33. The fraction of sp³-hybridized carbons (Fsp3) is 0.143. The Labute approximate surface area is 129 Å². The lowest BCUT2D eigenvalue weighted by Crippen LogP contribution is -2.05. The van der Waals surface area contributed by atoms with Crippen LogP contribution < -0.4 is 5.32 Å². The average Bonchev–Trinajstić information content (AvgIpc) is 2.40. The monoisotopic (exact) mass is 335 g/mol. The summed E-state index contributed by atoms with van der Waals surface area (Å²) in [5.41, 5.74) is 0.215. The van der Waals surface area contributed by atoms with Gasteiger partial charge in [0.1, 0.15) is 5.75 Å². The van der Waals surface area contributed by atoms with Crippen molar-refractivity contribution >= 4 is 28.9 Å². The smallest absolute Gasteiger partial charge is 0.416 e. The lowest BCUT2D eigenvalue weighted by molar-refractivity contribution is -0.137. The fourth-order valence-electron chi connectivity index (χ4n) is 1.73. The van der Waals surface area contributed by atoms with E-state index in [1.54, 1.807) is 0 Å². The SMILES string of the molecule is Oc1c(Cl)cc(Cl)cc1CNc1ccc(C(F)(F)F)cc1. The quantitative estimate of drug-likeness (QED) is 0.794. The largest absolute Gasteiger partial charge is 0.506 e. The van der Waals surface area contributed by atoms with E-state index in [1.807, 2.05) is 0 Å². The van der Waals surface area contributed by atoms with Crippen molar-refractivity contribution < 1.29 is 18.3 Å². The van der Waals surface area contributed by atoms with Crippen molar-refractivity contribution in [3.63, 3.8) is 0 Å². The number of phenols is 1. The molecular weight excluding hydrogens is 326 g/mol. The van der Waals surface area contributed by atoms with Crippen molar-refractivity contribution in [3.8, 4) is 5.75 Å². The molecule has 2 nitrogen and oxygen atoms in total. The summed E-state index contributed by atoms with van der Waals surface area (Å²) in [5.74, 6) is -0.111. The van der Waals surface area contributed by atoms with E-state index in [0.717, 1.165) is 12.1 Å². The third-order valence-corrected chi connectivity index (χ3v) is 3.31. The summed E-state index contributed by atoms with van der Waals surface area (Å²) in [6.07, 6.45) is -4.36. The highest BCUT2D eigenvalue weighted by atomic mass is 35.5. The number of halogens is 5. The van der Waals surface area contributed by atoms with Gasteiger partial charge in [-0.15, -0.1) is 0 Å². The van der Waals surface area contributed by atoms with Gasteiger partial charge in [-0.25, -0.2) is 0 Å². The lowest BCUT2D eigenvalue weighted by Gasteiger charge is -2.11. The third kappa shape index (κ3) is 3.95. The summed E-state index contributed by atoms with van der Waals surface area (Å²) in [7, 11) is 0. The minimum atomic E-state index is -4.36. The molecule has 21 heavy (non-hydrogen) atoms. The molecule has 112 valence electrons. The van der Waals surface area contributed by atoms with E-state index in [-0.39, 0.29) is 17.3 Å². The number of nitrogens with one attached hydrogen (secondary N) is 1. The molecule has 0 bridgehead atoms. The Hall–Kier alpha value is -1.59. The van der Waals surface area contributed by atoms with Gasteiger partial charge in [-0.1, -0.05) is 23.2 Å². The predicted molar refractivity (Wildman–Crippen MR) is 76.9 cm³/mol. The van der Waals surface area contributed by atoms with E-state index in [0.29, 0.717) is 16.3 Å². The van der Waals surface area contributed by atoms with Gasteiger partial charge in [0.05, 0.1) is 10.6 Å².